The molecule has 0 spiro atoms. The third kappa shape index (κ3) is 5.09. The highest BCUT2D eigenvalue weighted by Crippen LogP contribution is 2.20. The van der Waals surface area contributed by atoms with Crippen molar-refractivity contribution in [2.45, 2.75) is 39.7 Å². The fraction of sp³-hybridized carbons (Fsp3) is 0.368. The van der Waals surface area contributed by atoms with Gasteiger partial charge in [-0.2, -0.15) is 0 Å². The smallest absolute Gasteiger partial charge is 0.226 e. The molecule has 0 aliphatic rings. The number of benzene rings is 1. The molecule has 23 heavy (non-hydrogen) atoms. The van der Waals surface area contributed by atoms with E-state index in [-0.39, 0.29) is 11.9 Å². The van der Waals surface area contributed by atoms with Crippen LogP contribution in [0.1, 0.15) is 43.1 Å². The molecule has 0 aliphatic carbocycles. The van der Waals surface area contributed by atoms with Gasteiger partial charge in [-0.25, -0.2) is 0 Å². The summed E-state index contributed by atoms with van der Waals surface area (Å²) < 4.78 is 5.45. The number of ether oxygens (including phenoxy) is 1. The molecule has 1 amide bonds. The van der Waals surface area contributed by atoms with Crippen molar-refractivity contribution in [2.75, 3.05) is 6.61 Å². The third-order valence-corrected chi connectivity index (χ3v) is 3.65. The van der Waals surface area contributed by atoms with Crippen LogP contribution in [0.25, 0.3) is 0 Å². The number of nitrogens with one attached hydrogen (secondary N) is 1. The van der Waals surface area contributed by atoms with Crippen molar-refractivity contribution < 1.29 is 9.53 Å². The Bertz CT molecular complexity index is 638. The van der Waals surface area contributed by atoms with Crippen LogP contribution in [0.15, 0.2) is 42.6 Å². The standard InChI is InChI=1S/C19H24N2O2/c1-4-18(15-6-8-17(9-7-15)23-5-2)21-19(22)13-16-12-14(3)10-11-20-16/h6-12,18H,4-5,13H2,1-3H3,(H,21,22)/t18-/m1/s1. The van der Waals surface area contributed by atoms with E-state index in [4.69, 9.17) is 4.74 Å². The number of aryl methyl sites for hydroxylation is 1. The maximum atomic E-state index is 12.3. The van der Waals surface area contributed by atoms with E-state index < -0.39 is 0 Å². The van der Waals surface area contributed by atoms with Gasteiger partial charge in [-0.15, -0.1) is 0 Å². The summed E-state index contributed by atoms with van der Waals surface area (Å²) in [5.41, 5.74) is 2.99. The Hall–Kier alpha value is -2.36. The number of rotatable bonds is 7. The van der Waals surface area contributed by atoms with Crippen LogP contribution in [0.5, 0.6) is 5.75 Å². The molecule has 1 aromatic heterocycles. The van der Waals surface area contributed by atoms with E-state index in [1.165, 1.54) is 0 Å². The molecule has 2 rings (SSSR count). The number of hydrogen-bond donors (Lipinski definition) is 1. The van der Waals surface area contributed by atoms with Gasteiger partial charge < -0.3 is 10.1 Å². The van der Waals surface area contributed by atoms with E-state index in [2.05, 4.69) is 17.2 Å². The first-order chi connectivity index (χ1) is 11.1. The van der Waals surface area contributed by atoms with Gasteiger partial charge in [0.15, 0.2) is 0 Å². The van der Waals surface area contributed by atoms with Crippen LogP contribution in [0.3, 0.4) is 0 Å². The monoisotopic (exact) mass is 312 g/mol. The quantitative estimate of drug-likeness (QED) is 0.850. The molecule has 0 unspecified atom stereocenters. The second kappa shape index (κ2) is 8.32. The molecule has 4 nitrogen and oxygen atoms in total. The second-order valence-corrected chi connectivity index (χ2v) is 5.53. The minimum absolute atomic E-state index is 0.00276. The summed E-state index contributed by atoms with van der Waals surface area (Å²) in [4.78, 5) is 16.5. The van der Waals surface area contributed by atoms with Gasteiger partial charge in [-0.05, 0) is 55.7 Å². The average molecular weight is 312 g/mol. The number of aromatic nitrogens is 1. The Morgan fingerprint density at radius 1 is 1.22 bits per heavy atom. The highest BCUT2D eigenvalue weighted by Gasteiger charge is 2.13. The Kier molecular flexibility index (Phi) is 6.15. The van der Waals surface area contributed by atoms with Crippen molar-refractivity contribution in [1.82, 2.24) is 10.3 Å². The van der Waals surface area contributed by atoms with Crippen molar-refractivity contribution in [2.24, 2.45) is 0 Å². The van der Waals surface area contributed by atoms with Crippen LogP contribution in [-0.4, -0.2) is 17.5 Å². The maximum absolute atomic E-state index is 12.3. The first-order valence-corrected chi connectivity index (χ1v) is 8.06. The molecule has 1 N–H and O–H groups in total. The lowest BCUT2D eigenvalue weighted by atomic mass is 10.0. The zero-order valence-electron chi connectivity index (χ0n) is 14.0. The summed E-state index contributed by atoms with van der Waals surface area (Å²) in [6, 6.07) is 11.8. The van der Waals surface area contributed by atoms with Gasteiger partial charge in [0, 0.05) is 11.9 Å². The Morgan fingerprint density at radius 3 is 2.57 bits per heavy atom. The average Bonchev–Trinajstić information content (AvgIpc) is 2.54. The Morgan fingerprint density at radius 2 is 1.96 bits per heavy atom. The zero-order valence-corrected chi connectivity index (χ0v) is 14.0. The first kappa shape index (κ1) is 17.0. The summed E-state index contributed by atoms with van der Waals surface area (Å²) >= 11 is 0. The van der Waals surface area contributed by atoms with Crippen LogP contribution < -0.4 is 10.1 Å². The number of carbonyl (C=O) groups excluding carboxylic acids is 1. The van der Waals surface area contributed by atoms with E-state index in [9.17, 15) is 4.79 Å². The van der Waals surface area contributed by atoms with E-state index >= 15 is 0 Å². The molecule has 122 valence electrons. The van der Waals surface area contributed by atoms with E-state index in [0.29, 0.717) is 13.0 Å². The highest BCUT2D eigenvalue weighted by atomic mass is 16.5. The van der Waals surface area contributed by atoms with Gasteiger partial charge >= 0.3 is 0 Å². The highest BCUT2D eigenvalue weighted by molar-refractivity contribution is 5.78. The molecule has 0 aliphatic heterocycles. The van der Waals surface area contributed by atoms with Crippen LogP contribution in [-0.2, 0) is 11.2 Å². The lowest BCUT2D eigenvalue weighted by Crippen LogP contribution is -2.29. The summed E-state index contributed by atoms with van der Waals surface area (Å²) in [5, 5.41) is 3.08. The fourth-order valence-electron chi connectivity index (χ4n) is 2.49. The van der Waals surface area contributed by atoms with Gasteiger partial charge in [0.25, 0.3) is 0 Å². The lowest BCUT2D eigenvalue weighted by Gasteiger charge is -2.18. The lowest BCUT2D eigenvalue weighted by molar-refractivity contribution is -0.121. The van der Waals surface area contributed by atoms with E-state index in [1.807, 2.05) is 50.2 Å². The molecule has 1 atom stereocenters. The van der Waals surface area contributed by atoms with E-state index in [0.717, 1.165) is 29.0 Å². The minimum Gasteiger partial charge on any atom is -0.494 e. The van der Waals surface area contributed by atoms with Crippen molar-refractivity contribution in [3.63, 3.8) is 0 Å². The van der Waals surface area contributed by atoms with Gasteiger partial charge in [0.1, 0.15) is 5.75 Å². The normalized spacial score (nSPS) is 11.8. The molecule has 2 aromatic rings. The second-order valence-electron chi connectivity index (χ2n) is 5.53. The van der Waals surface area contributed by atoms with E-state index in [1.54, 1.807) is 6.20 Å². The first-order valence-electron chi connectivity index (χ1n) is 8.06. The number of amides is 1. The zero-order chi connectivity index (χ0) is 16.7. The molecular formula is C19H24N2O2. The van der Waals surface area contributed by atoms with Crippen molar-refractivity contribution in [3.05, 3.63) is 59.4 Å². The predicted molar refractivity (Wildman–Crippen MR) is 91.5 cm³/mol. The molecule has 1 aromatic carbocycles. The Balaban J connectivity index is 1.99. The summed E-state index contributed by atoms with van der Waals surface area (Å²) in [6.07, 6.45) is 2.87. The van der Waals surface area contributed by atoms with Crippen molar-refractivity contribution >= 4 is 5.91 Å². The third-order valence-electron chi connectivity index (χ3n) is 3.65. The molecule has 0 radical (unpaired) electrons. The van der Waals surface area contributed by atoms with Crippen molar-refractivity contribution in [3.8, 4) is 5.75 Å². The van der Waals surface area contributed by atoms with Crippen LogP contribution >= 0.6 is 0 Å². The van der Waals surface area contributed by atoms with Crippen LogP contribution in [0.4, 0.5) is 0 Å². The fourth-order valence-corrected chi connectivity index (χ4v) is 2.49. The SMILES string of the molecule is CCOc1ccc([C@@H](CC)NC(=O)Cc2cc(C)ccn2)cc1. The number of hydrogen-bond acceptors (Lipinski definition) is 3. The number of pyridine rings is 1. The topological polar surface area (TPSA) is 51.2 Å². The number of carbonyl (C=O) groups is 1. The Labute approximate surface area is 137 Å². The van der Waals surface area contributed by atoms with Gasteiger partial charge in [-0.1, -0.05) is 19.1 Å². The summed E-state index contributed by atoms with van der Waals surface area (Å²) in [7, 11) is 0. The summed E-state index contributed by atoms with van der Waals surface area (Å²) in [6.45, 7) is 6.67. The maximum Gasteiger partial charge on any atom is 0.226 e. The molecule has 0 bridgehead atoms. The van der Waals surface area contributed by atoms with Crippen molar-refractivity contribution in [1.29, 1.82) is 0 Å². The number of nitrogens with zero attached hydrogens (tertiary/aromatic N) is 1. The van der Waals surface area contributed by atoms with Gasteiger partial charge in [-0.3, -0.25) is 9.78 Å². The summed E-state index contributed by atoms with van der Waals surface area (Å²) in [5.74, 6) is 0.838. The van der Waals surface area contributed by atoms with Gasteiger partial charge in [0.05, 0.1) is 19.1 Å². The largest absolute Gasteiger partial charge is 0.494 e. The molecule has 4 heteroatoms. The van der Waals surface area contributed by atoms with Crippen LogP contribution in [0, 0.1) is 6.92 Å². The predicted octanol–water partition coefficient (Wildman–Crippen LogP) is 3.60. The molecule has 0 fully saturated rings. The molecule has 0 saturated heterocycles. The molecule has 1 heterocycles. The molecule has 0 saturated carbocycles. The van der Waals surface area contributed by atoms with Crippen LogP contribution in [0.2, 0.25) is 0 Å². The molecular weight excluding hydrogens is 288 g/mol. The van der Waals surface area contributed by atoms with Gasteiger partial charge in [0.2, 0.25) is 5.91 Å². The minimum atomic E-state index is -0.0103.